The molecule has 0 atom stereocenters. The van der Waals surface area contributed by atoms with Crippen LogP contribution in [0.4, 0.5) is 9.52 Å². The zero-order chi connectivity index (χ0) is 41.8. The van der Waals surface area contributed by atoms with Crippen molar-refractivity contribution in [2.24, 2.45) is 16.9 Å². The van der Waals surface area contributed by atoms with E-state index in [1.807, 2.05) is 0 Å². The number of fused-ring (bicyclic) bond motifs is 1. The van der Waals surface area contributed by atoms with Gasteiger partial charge in [-0.1, -0.05) is 70.3 Å². The summed E-state index contributed by atoms with van der Waals surface area (Å²) in [4.78, 5) is 42.7. The van der Waals surface area contributed by atoms with E-state index in [4.69, 9.17) is 24.0 Å². The normalized spacial score (nSPS) is 15.2. The smallest absolute Gasteiger partial charge is 0.343 e. The number of hydrogen-bond donors (Lipinski definition) is 0. The average molecular weight is 828 g/mol. The molecule has 59 heavy (non-hydrogen) atoms. The fourth-order valence-corrected chi connectivity index (χ4v) is 7.94. The monoisotopic (exact) mass is 827 g/mol. The molecule has 0 radical (unpaired) electrons. The molecule has 1 saturated carbocycles. The molecular formula is C47H58FN3O7S. The van der Waals surface area contributed by atoms with Crippen molar-refractivity contribution >= 4 is 50.8 Å². The second-order valence-electron chi connectivity index (χ2n) is 15.1. The molecule has 0 bridgehead atoms. The predicted octanol–water partition coefficient (Wildman–Crippen LogP) is 11.6. The lowest BCUT2D eigenvalue weighted by Crippen LogP contribution is -2.25. The van der Waals surface area contributed by atoms with Gasteiger partial charge in [-0.2, -0.15) is 5.10 Å². The first-order chi connectivity index (χ1) is 28.8. The maximum atomic E-state index is 14.1. The number of unbranched alkanes of at least 4 members (excludes halogenated alkanes) is 7. The third kappa shape index (κ3) is 14.6. The summed E-state index contributed by atoms with van der Waals surface area (Å²) in [5.41, 5.74) is 1.33. The average Bonchev–Trinajstić information content (AvgIpc) is 3.67. The quantitative estimate of drug-likeness (QED) is 0.0170. The summed E-state index contributed by atoms with van der Waals surface area (Å²) < 4.78 is 37.7. The van der Waals surface area contributed by atoms with Crippen LogP contribution in [0.3, 0.4) is 0 Å². The van der Waals surface area contributed by atoms with Gasteiger partial charge >= 0.3 is 17.9 Å². The second kappa shape index (κ2) is 24.1. The summed E-state index contributed by atoms with van der Waals surface area (Å²) in [7, 11) is 0. The fourth-order valence-electron chi connectivity index (χ4n) is 7.01. The van der Waals surface area contributed by atoms with E-state index < -0.39 is 11.9 Å². The topological polar surface area (TPSA) is 117 Å². The minimum atomic E-state index is -0.572. The number of anilines is 1. The second-order valence-corrected chi connectivity index (χ2v) is 16.1. The van der Waals surface area contributed by atoms with E-state index in [2.05, 4.69) is 25.4 Å². The summed E-state index contributed by atoms with van der Waals surface area (Å²) in [6.45, 7) is 9.21. The molecule has 1 fully saturated rings. The molecule has 5 rings (SSSR count). The van der Waals surface area contributed by atoms with E-state index in [9.17, 15) is 18.8 Å². The van der Waals surface area contributed by atoms with Gasteiger partial charge in [0, 0.05) is 24.3 Å². The Balaban J connectivity index is 1.28. The summed E-state index contributed by atoms with van der Waals surface area (Å²) in [5, 5.41) is 7.24. The molecule has 0 N–H and O–H groups in total. The van der Waals surface area contributed by atoms with E-state index >= 15 is 0 Å². The van der Waals surface area contributed by atoms with Crippen LogP contribution in [-0.4, -0.2) is 48.9 Å². The Morgan fingerprint density at radius 1 is 0.847 bits per heavy atom. The number of rotatable bonds is 24. The van der Waals surface area contributed by atoms with Crippen molar-refractivity contribution in [1.82, 2.24) is 4.98 Å². The number of esters is 3. The molecule has 1 aliphatic rings. The van der Waals surface area contributed by atoms with Gasteiger partial charge in [0.25, 0.3) is 0 Å². The van der Waals surface area contributed by atoms with Gasteiger partial charge in [0.2, 0.25) is 5.13 Å². The molecule has 1 heterocycles. The van der Waals surface area contributed by atoms with E-state index in [1.165, 1.54) is 42.7 Å². The van der Waals surface area contributed by atoms with Crippen LogP contribution in [0.15, 0.2) is 78.4 Å². The van der Waals surface area contributed by atoms with Crippen LogP contribution in [0.1, 0.15) is 126 Å². The highest BCUT2D eigenvalue weighted by Crippen LogP contribution is 2.34. The van der Waals surface area contributed by atoms with Gasteiger partial charge in [-0.3, -0.25) is 4.79 Å². The number of carbonyl (C=O) groups is 3. The van der Waals surface area contributed by atoms with Crippen LogP contribution in [0, 0.1) is 17.7 Å². The van der Waals surface area contributed by atoms with E-state index in [1.54, 1.807) is 59.8 Å². The molecular weight excluding hydrogens is 770 g/mol. The van der Waals surface area contributed by atoms with Gasteiger partial charge in [-0.25, -0.2) is 24.0 Å². The lowest BCUT2D eigenvalue weighted by Gasteiger charge is -2.27. The third-order valence-electron chi connectivity index (χ3n) is 10.5. The number of nitrogens with zero attached hydrogens (tertiary/aromatic N) is 3. The minimum absolute atomic E-state index is 0.155. The molecule has 4 aromatic rings. The maximum absolute atomic E-state index is 14.1. The van der Waals surface area contributed by atoms with Gasteiger partial charge in [0.1, 0.15) is 23.1 Å². The Kier molecular flexibility index (Phi) is 18.4. The van der Waals surface area contributed by atoms with Crippen LogP contribution >= 0.6 is 11.3 Å². The lowest BCUT2D eigenvalue weighted by molar-refractivity contribution is -0.140. The molecule has 1 aliphatic carbocycles. The maximum Gasteiger partial charge on any atom is 0.343 e. The van der Waals surface area contributed by atoms with E-state index in [-0.39, 0.29) is 23.5 Å². The van der Waals surface area contributed by atoms with Crippen LogP contribution in [0.5, 0.6) is 17.2 Å². The Bertz CT molecular complexity index is 1990. The van der Waals surface area contributed by atoms with E-state index in [0.29, 0.717) is 59.0 Å². The zero-order valence-electron chi connectivity index (χ0n) is 34.5. The standard InChI is InChI=1S/C47H58FN3O7S/c1-4-7-9-12-28-51(47-50-41-32-38(48)22-27-43(41)59-47)49-33-37-31-40(57-45(53)35-18-16-34(17-19-35)15-8-5-2)25-26-42(37)58-46(54)36-20-23-39(24-21-36)55-29-13-10-11-14-30-56-44(52)6-3/h6,20-27,31-35H,3-5,7-19,28-30H2,1-2H3/b49-33+. The third-order valence-corrected chi connectivity index (χ3v) is 11.5. The van der Waals surface area contributed by atoms with Crippen LogP contribution in [0.25, 0.3) is 10.2 Å². The van der Waals surface area contributed by atoms with Crippen molar-refractivity contribution in [3.05, 3.63) is 90.3 Å². The molecule has 10 nitrogen and oxygen atoms in total. The Hall–Kier alpha value is -5.10. The first-order valence-electron chi connectivity index (χ1n) is 21.2. The number of ether oxygens (including phenoxy) is 4. The van der Waals surface area contributed by atoms with Gasteiger partial charge < -0.3 is 18.9 Å². The predicted molar refractivity (Wildman–Crippen MR) is 232 cm³/mol. The van der Waals surface area contributed by atoms with Crippen molar-refractivity contribution in [3.8, 4) is 17.2 Å². The largest absolute Gasteiger partial charge is 0.494 e. The number of halogens is 1. The number of hydrogen-bond acceptors (Lipinski definition) is 11. The summed E-state index contributed by atoms with van der Waals surface area (Å²) in [5.74, 6) is 0.141. The molecule has 0 amide bonds. The Morgan fingerprint density at radius 2 is 1.58 bits per heavy atom. The first kappa shape index (κ1) is 45.0. The summed E-state index contributed by atoms with van der Waals surface area (Å²) in [6, 6.07) is 16.2. The van der Waals surface area contributed by atoms with Gasteiger partial charge in [-0.15, -0.1) is 0 Å². The van der Waals surface area contributed by atoms with Gasteiger partial charge in [0.05, 0.1) is 41.1 Å². The molecule has 0 saturated heterocycles. The Labute approximate surface area is 351 Å². The van der Waals surface area contributed by atoms with Gasteiger partial charge in [0.15, 0.2) is 0 Å². The highest BCUT2D eigenvalue weighted by atomic mass is 32.1. The summed E-state index contributed by atoms with van der Waals surface area (Å²) >= 11 is 1.42. The fraction of sp³-hybridized carbons (Fsp3) is 0.468. The minimum Gasteiger partial charge on any atom is -0.494 e. The number of aromatic nitrogens is 1. The van der Waals surface area contributed by atoms with Crippen molar-refractivity contribution in [3.63, 3.8) is 0 Å². The summed E-state index contributed by atoms with van der Waals surface area (Å²) in [6.07, 6.45) is 17.6. The zero-order valence-corrected chi connectivity index (χ0v) is 35.3. The molecule has 316 valence electrons. The SMILES string of the molecule is C=CC(=O)OCCCCCCOc1ccc(C(=O)Oc2ccc(OC(=O)C3CCC(CCCC)CC3)cc2/C=N/N(CCCCCC)c2nc3cc(F)ccc3s2)cc1. The molecule has 1 aromatic heterocycles. The van der Waals surface area contributed by atoms with Gasteiger partial charge in [-0.05, 0) is 118 Å². The van der Waals surface area contributed by atoms with Crippen LogP contribution in [0.2, 0.25) is 0 Å². The van der Waals surface area contributed by atoms with E-state index in [0.717, 1.165) is 87.8 Å². The van der Waals surface area contributed by atoms with Crippen molar-refractivity contribution in [2.75, 3.05) is 24.8 Å². The van der Waals surface area contributed by atoms with Crippen LogP contribution in [-0.2, 0) is 14.3 Å². The molecule has 0 unspecified atom stereocenters. The van der Waals surface area contributed by atoms with Crippen molar-refractivity contribution < 1.29 is 37.7 Å². The molecule has 12 heteroatoms. The van der Waals surface area contributed by atoms with Crippen molar-refractivity contribution in [1.29, 1.82) is 0 Å². The highest BCUT2D eigenvalue weighted by molar-refractivity contribution is 7.22. The first-order valence-corrected chi connectivity index (χ1v) is 22.1. The number of thiazole rings is 1. The number of hydrazone groups is 1. The number of carbonyl (C=O) groups excluding carboxylic acids is 3. The highest BCUT2D eigenvalue weighted by Gasteiger charge is 2.28. The molecule has 0 spiro atoms. The Morgan fingerprint density at radius 3 is 2.32 bits per heavy atom. The lowest BCUT2D eigenvalue weighted by atomic mass is 9.80. The number of benzene rings is 3. The van der Waals surface area contributed by atoms with Crippen LogP contribution < -0.4 is 19.2 Å². The molecule has 0 aliphatic heterocycles. The van der Waals surface area contributed by atoms with Crippen molar-refractivity contribution in [2.45, 2.75) is 110 Å². The molecule has 3 aromatic carbocycles.